The monoisotopic (exact) mass is 231 g/mol. The van der Waals surface area contributed by atoms with Crippen LogP contribution >= 0.6 is 12.2 Å². The fourth-order valence-corrected chi connectivity index (χ4v) is 1.85. The van der Waals surface area contributed by atoms with Crippen LogP contribution < -0.4 is 10.6 Å². The SMILES string of the molecule is CCNC(=S)NCC1CN(CC)CCO1. The molecule has 15 heavy (non-hydrogen) atoms. The number of hydrogen-bond donors (Lipinski definition) is 2. The zero-order valence-corrected chi connectivity index (χ0v) is 10.4. The van der Waals surface area contributed by atoms with Gasteiger partial charge in [0.1, 0.15) is 0 Å². The van der Waals surface area contributed by atoms with E-state index in [0.717, 1.165) is 44.4 Å². The molecule has 1 atom stereocenters. The highest BCUT2D eigenvalue weighted by molar-refractivity contribution is 7.80. The van der Waals surface area contributed by atoms with Crippen molar-refractivity contribution in [2.24, 2.45) is 0 Å². The van der Waals surface area contributed by atoms with Gasteiger partial charge < -0.3 is 15.4 Å². The zero-order chi connectivity index (χ0) is 11.1. The molecule has 1 saturated heterocycles. The normalized spacial score (nSPS) is 22.4. The van der Waals surface area contributed by atoms with E-state index in [1.165, 1.54) is 0 Å². The standard InChI is InChI=1S/C10H21N3OS/c1-3-11-10(15)12-7-9-8-13(4-2)5-6-14-9/h9H,3-8H2,1-2H3,(H2,11,12,15). The predicted molar refractivity (Wildman–Crippen MR) is 66.1 cm³/mol. The maximum Gasteiger partial charge on any atom is 0.166 e. The van der Waals surface area contributed by atoms with Crippen LogP contribution in [0.1, 0.15) is 13.8 Å². The minimum atomic E-state index is 0.260. The second kappa shape index (κ2) is 6.98. The first-order valence-corrected chi connectivity index (χ1v) is 6.02. The van der Waals surface area contributed by atoms with Crippen LogP contribution in [0.5, 0.6) is 0 Å². The number of ether oxygens (including phenoxy) is 1. The smallest absolute Gasteiger partial charge is 0.166 e. The molecule has 0 bridgehead atoms. The Balaban J connectivity index is 2.17. The van der Waals surface area contributed by atoms with Gasteiger partial charge in [-0.2, -0.15) is 0 Å². The number of morpholine rings is 1. The molecule has 0 aromatic carbocycles. The van der Waals surface area contributed by atoms with Crippen molar-refractivity contribution in [3.63, 3.8) is 0 Å². The van der Waals surface area contributed by atoms with Gasteiger partial charge in [-0.3, -0.25) is 4.90 Å². The summed E-state index contributed by atoms with van der Waals surface area (Å²) in [6, 6.07) is 0. The van der Waals surface area contributed by atoms with E-state index < -0.39 is 0 Å². The Bertz CT molecular complexity index is 201. The third kappa shape index (κ3) is 4.77. The van der Waals surface area contributed by atoms with Crippen LogP contribution in [0, 0.1) is 0 Å². The van der Waals surface area contributed by atoms with E-state index in [1.54, 1.807) is 0 Å². The molecule has 1 fully saturated rings. The highest BCUT2D eigenvalue weighted by Gasteiger charge is 2.18. The number of likely N-dealkylation sites (N-methyl/N-ethyl adjacent to an activating group) is 1. The second-order valence-electron chi connectivity index (χ2n) is 3.63. The molecular weight excluding hydrogens is 210 g/mol. The zero-order valence-electron chi connectivity index (χ0n) is 9.58. The average Bonchev–Trinajstić information content (AvgIpc) is 2.27. The van der Waals surface area contributed by atoms with Gasteiger partial charge in [0.15, 0.2) is 5.11 Å². The van der Waals surface area contributed by atoms with Crippen molar-refractivity contribution < 1.29 is 4.74 Å². The lowest BCUT2D eigenvalue weighted by Gasteiger charge is -2.32. The molecule has 0 aliphatic carbocycles. The molecule has 1 rings (SSSR count). The van der Waals surface area contributed by atoms with Gasteiger partial charge in [-0.25, -0.2) is 0 Å². The summed E-state index contributed by atoms with van der Waals surface area (Å²) >= 11 is 5.09. The summed E-state index contributed by atoms with van der Waals surface area (Å²) in [5.74, 6) is 0. The van der Waals surface area contributed by atoms with Crippen molar-refractivity contribution in [2.45, 2.75) is 20.0 Å². The van der Waals surface area contributed by atoms with Gasteiger partial charge in [-0.1, -0.05) is 6.92 Å². The van der Waals surface area contributed by atoms with Crippen molar-refractivity contribution in [1.82, 2.24) is 15.5 Å². The van der Waals surface area contributed by atoms with Crippen molar-refractivity contribution in [3.05, 3.63) is 0 Å². The first-order valence-electron chi connectivity index (χ1n) is 5.62. The molecule has 88 valence electrons. The quantitative estimate of drug-likeness (QED) is 0.676. The maximum atomic E-state index is 5.65. The third-order valence-corrected chi connectivity index (χ3v) is 2.79. The molecule has 0 aromatic rings. The molecule has 0 amide bonds. The van der Waals surface area contributed by atoms with Gasteiger partial charge in [0.05, 0.1) is 12.7 Å². The fraction of sp³-hybridized carbons (Fsp3) is 0.900. The predicted octanol–water partition coefficient (Wildman–Crippen LogP) is 0.191. The maximum absolute atomic E-state index is 5.65. The molecule has 1 unspecified atom stereocenters. The van der Waals surface area contributed by atoms with E-state index in [4.69, 9.17) is 17.0 Å². The molecule has 1 aliphatic heterocycles. The Kier molecular flexibility index (Phi) is 5.90. The third-order valence-electron chi connectivity index (χ3n) is 2.50. The van der Waals surface area contributed by atoms with E-state index >= 15 is 0 Å². The van der Waals surface area contributed by atoms with Gasteiger partial charge in [0.25, 0.3) is 0 Å². The summed E-state index contributed by atoms with van der Waals surface area (Å²) < 4.78 is 5.65. The van der Waals surface area contributed by atoms with E-state index in [9.17, 15) is 0 Å². The lowest BCUT2D eigenvalue weighted by molar-refractivity contribution is -0.0233. The number of nitrogens with one attached hydrogen (secondary N) is 2. The largest absolute Gasteiger partial charge is 0.374 e. The van der Waals surface area contributed by atoms with Crippen molar-refractivity contribution in [2.75, 3.05) is 39.3 Å². The first-order chi connectivity index (χ1) is 7.26. The molecular formula is C10H21N3OS. The molecule has 4 nitrogen and oxygen atoms in total. The van der Waals surface area contributed by atoms with Gasteiger partial charge in [0, 0.05) is 26.2 Å². The number of nitrogens with zero attached hydrogens (tertiary/aromatic N) is 1. The van der Waals surface area contributed by atoms with Gasteiger partial charge in [0.2, 0.25) is 0 Å². The van der Waals surface area contributed by atoms with Crippen molar-refractivity contribution in [1.29, 1.82) is 0 Å². The Morgan fingerprint density at radius 3 is 2.93 bits per heavy atom. The van der Waals surface area contributed by atoms with Gasteiger partial charge in [-0.05, 0) is 25.7 Å². The van der Waals surface area contributed by atoms with Gasteiger partial charge in [-0.15, -0.1) is 0 Å². The second-order valence-corrected chi connectivity index (χ2v) is 4.03. The lowest BCUT2D eigenvalue weighted by atomic mass is 10.2. The number of thiocarbonyl (C=S) groups is 1. The van der Waals surface area contributed by atoms with E-state index in [1.807, 2.05) is 6.92 Å². The van der Waals surface area contributed by atoms with Crippen LogP contribution in [0.3, 0.4) is 0 Å². The molecule has 2 N–H and O–H groups in total. The molecule has 0 radical (unpaired) electrons. The Hall–Kier alpha value is -0.390. The van der Waals surface area contributed by atoms with Crippen LogP contribution in [-0.4, -0.2) is 55.4 Å². The molecule has 1 heterocycles. The summed E-state index contributed by atoms with van der Waals surface area (Å²) in [6.07, 6.45) is 0.260. The highest BCUT2D eigenvalue weighted by atomic mass is 32.1. The molecule has 0 saturated carbocycles. The van der Waals surface area contributed by atoms with E-state index in [0.29, 0.717) is 0 Å². The first kappa shape index (κ1) is 12.7. The highest BCUT2D eigenvalue weighted by Crippen LogP contribution is 2.03. The average molecular weight is 231 g/mol. The molecule has 0 spiro atoms. The van der Waals surface area contributed by atoms with Crippen LogP contribution in [0.2, 0.25) is 0 Å². The summed E-state index contributed by atoms with van der Waals surface area (Å²) in [5, 5.41) is 6.95. The number of hydrogen-bond acceptors (Lipinski definition) is 3. The van der Waals surface area contributed by atoms with E-state index in [2.05, 4.69) is 22.5 Å². The summed E-state index contributed by atoms with van der Waals surface area (Å²) in [6.45, 7) is 9.83. The molecule has 0 aromatic heterocycles. The summed E-state index contributed by atoms with van der Waals surface area (Å²) in [4.78, 5) is 2.39. The molecule has 1 aliphatic rings. The number of rotatable bonds is 4. The molecule has 5 heteroatoms. The Morgan fingerprint density at radius 1 is 1.47 bits per heavy atom. The minimum Gasteiger partial charge on any atom is -0.374 e. The summed E-state index contributed by atoms with van der Waals surface area (Å²) in [7, 11) is 0. The van der Waals surface area contributed by atoms with Crippen LogP contribution in [0.15, 0.2) is 0 Å². The van der Waals surface area contributed by atoms with Crippen LogP contribution in [0.25, 0.3) is 0 Å². The Labute approximate surface area is 97.3 Å². The Morgan fingerprint density at radius 2 is 2.27 bits per heavy atom. The van der Waals surface area contributed by atoms with Crippen molar-refractivity contribution >= 4 is 17.3 Å². The minimum absolute atomic E-state index is 0.260. The van der Waals surface area contributed by atoms with Crippen LogP contribution in [0.4, 0.5) is 0 Å². The van der Waals surface area contributed by atoms with E-state index in [-0.39, 0.29) is 6.10 Å². The van der Waals surface area contributed by atoms with Crippen LogP contribution in [-0.2, 0) is 4.74 Å². The van der Waals surface area contributed by atoms with Crippen molar-refractivity contribution in [3.8, 4) is 0 Å². The topological polar surface area (TPSA) is 36.5 Å². The lowest BCUT2D eigenvalue weighted by Crippen LogP contribution is -2.48. The summed E-state index contributed by atoms with van der Waals surface area (Å²) in [5.41, 5.74) is 0. The fourth-order valence-electron chi connectivity index (χ4n) is 1.62. The van der Waals surface area contributed by atoms with Gasteiger partial charge >= 0.3 is 0 Å².